The lowest BCUT2D eigenvalue weighted by Gasteiger charge is -2.24. The number of aliphatic hydroxyl groups excluding tert-OH is 1. The first kappa shape index (κ1) is 29.6. The van der Waals surface area contributed by atoms with Gasteiger partial charge in [0.25, 0.3) is 0 Å². The molecule has 14 heteroatoms. The predicted octanol–water partition coefficient (Wildman–Crippen LogP) is -1.80. The Kier molecular flexibility index (Phi) is 11.4. The summed E-state index contributed by atoms with van der Waals surface area (Å²) in [4.78, 5) is 63.9. The number of rotatable bonds is 15. The minimum atomic E-state index is -1.65. The number of nitrogens with two attached hydrogens (primary N) is 2. The molecule has 0 fully saturated rings. The highest BCUT2D eigenvalue weighted by atomic mass is 32.2. The van der Waals surface area contributed by atoms with Gasteiger partial charge in [-0.2, -0.15) is 11.8 Å². The molecule has 13 nitrogen and oxygen atoms in total. The molecular formula is C23H32N6O7S. The second-order valence-corrected chi connectivity index (χ2v) is 9.31. The maximum Gasteiger partial charge on any atom is 0.326 e. The normalized spacial score (nSPS) is 14.2. The monoisotopic (exact) mass is 536 g/mol. The van der Waals surface area contributed by atoms with Crippen molar-refractivity contribution in [1.82, 2.24) is 20.9 Å². The van der Waals surface area contributed by atoms with E-state index in [1.165, 1.54) is 11.8 Å². The molecule has 1 heterocycles. The third-order valence-corrected chi connectivity index (χ3v) is 6.18. The molecule has 2 aromatic rings. The molecule has 0 bridgehead atoms. The zero-order chi connectivity index (χ0) is 27.5. The van der Waals surface area contributed by atoms with Crippen LogP contribution >= 0.6 is 11.8 Å². The van der Waals surface area contributed by atoms with Crippen LogP contribution in [0.15, 0.2) is 30.5 Å². The summed E-state index contributed by atoms with van der Waals surface area (Å²) in [5, 5.41) is 26.7. The van der Waals surface area contributed by atoms with E-state index in [0.29, 0.717) is 17.7 Å². The van der Waals surface area contributed by atoms with Crippen LogP contribution in [0.4, 0.5) is 0 Å². The smallest absolute Gasteiger partial charge is 0.326 e. The van der Waals surface area contributed by atoms with E-state index in [1.54, 1.807) is 6.20 Å². The van der Waals surface area contributed by atoms with E-state index in [4.69, 9.17) is 11.5 Å². The number of aliphatic hydroxyl groups is 1. The number of H-pyrrole nitrogens is 1. The minimum absolute atomic E-state index is 0.0377. The summed E-state index contributed by atoms with van der Waals surface area (Å²) >= 11 is 1.52. The van der Waals surface area contributed by atoms with Crippen molar-refractivity contribution >= 4 is 52.3 Å². The van der Waals surface area contributed by atoms with Gasteiger partial charge in [-0.3, -0.25) is 19.2 Å². The van der Waals surface area contributed by atoms with Gasteiger partial charge in [-0.15, -0.1) is 0 Å². The molecule has 37 heavy (non-hydrogen) atoms. The van der Waals surface area contributed by atoms with Gasteiger partial charge in [0.2, 0.25) is 23.6 Å². The Morgan fingerprint density at radius 2 is 1.62 bits per heavy atom. The number of aliphatic carboxylic acids is 1. The number of amides is 4. The molecule has 1 aromatic heterocycles. The number of aromatic amines is 1. The first-order valence-electron chi connectivity index (χ1n) is 11.4. The molecule has 4 atom stereocenters. The van der Waals surface area contributed by atoms with E-state index < -0.39 is 66.8 Å². The number of hydrogen-bond acceptors (Lipinski definition) is 8. The lowest BCUT2D eigenvalue weighted by molar-refractivity contribution is -0.144. The fraction of sp³-hybridized carbons (Fsp3) is 0.435. The Hall–Kier alpha value is -3.62. The average molecular weight is 537 g/mol. The highest BCUT2D eigenvalue weighted by molar-refractivity contribution is 7.98. The molecular weight excluding hydrogens is 504 g/mol. The van der Waals surface area contributed by atoms with Crippen LogP contribution in [0.3, 0.4) is 0 Å². The zero-order valence-corrected chi connectivity index (χ0v) is 21.0. The lowest BCUT2D eigenvalue weighted by atomic mass is 10.0. The minimum Gasteiger partial charge on any atom is -0.480 e. The standard InChI is InChI=1S/C23H32N6O7S/c1-37-7-6-14(24)20(32)27-16(8-12-10-26-15-5-3-2-4-13(12)15)21(33)29-18(11-30)22(34)28-17(23(35)36)9-19(25)31/h2-5,10,14,16-18,26,30H,6-9,11,24H2,1H3,(H2,25,31)(H,27,32)(H,28,34)(H,29,33)(H,35,36). The molecule has 0 aliphatic rings. The molecule has 2 rings (SSSR count). The van der Waals surface area contributed by atoms with Crippen LogP contribution in [0.25, 0.3) is 10.9 Å². The van der Waals surface area contributed by atoms with Gasteiger partial charge in [0, 0.05) is 23.5 Å². The maximum absolute atomic E-state index is 13.2. The van der Waals surface area contributed by atoms with E-state index in [-0.39, 0.29) is 6.42 Å². The number of thioether (sulfide) groups is 1. The number of para-hydroxylation sites is 1. The summed E-state index contributed by atoms with van der Waals surface area (Å²) < 4.78 is 0. The summed E-state index contributed by atoms with van der Waals surface area (Å²) in [5.41, 5.74) is 12.5. The van der Waals surface area contributed by atoms with Crippen molar-refractivity contribution in [2.75, 3.05) is 18.6 Å². The van der Waals surface area contributed by atoms with E-state index in [9.17, 15) is 34.2 Å². The number of nitrogens with one attached hydrogen (secondary N) is 4. The summed E-state index contributed by atoms with van der Waals surface area (Å²) in [6.45, 7) is -0.874. The molecule has 0 radical (unpaired) electrons. The third-order valence-electron chi connectivity index (χ3n) is 5.54. The first-order valence-corrected chi connectivity index (χ1v) is 12.8. The largest absolute Gasteiger partial charge is 0.480 e. The quantitative estimate of drug-likeness (QED) is 0.128. The molecule has 202 valence electrons. The Bertz CT molecular complexity index is 1120. The number of benzene rings is 1. The second kappa shape index (κ2) is 14.2. The van der Waals surface area contributed by atoms with Crippen LogP contribution in [0.2, 0.25) is 0 Å². The number of carboxylic acid groups (broad SMARTS) is 1. The summed E-state index contributed by atoms with van der Waals surface area (Å²) in [6.07, 6.45) is 3.31. The number of carbonyl (C=O) groups is 5. The van der Waals surface area contributed by atoms with Crippen molar-refractivity contribution in [3.63, 3.8) is 0 Å². The molecule has 10 N–H and O–H groups in total. The van der Waals surface area contributed by atoms with Crippen LogP contribution in [0.5, 0.6) is 0 Å². The fourth-order valence-electron chi connectivity index (χ4n) is 3.52. The van der Waals surface area contributed by atoms with E-state index >= 15 is 0 Å². The van der Waals surface area contributed by atoms with Crippen LogP contribution in [-0.2, 0) is 30.4 Å². The lowest BCUT2D eigenvalue weighted by Crippen LogP contribution is -2.58. The molecule has 0 saturated carbocycles. The molecule has 0 saturated heterocycles. The number of primary amides is 1. The Morgan fingerprint density at radius 3 is 2.24 bits per heavy atom. The van der Waals surface area contributed by atoms with Gasteiger partial charge in [0.05, 0.1) is 19.1 Å². The maximum atomic E-state index is 13.2. The molecule has 0 aliphatic heterocycles. The number of carboxylic acids is 1. The Balaban J connectivity index is 2.22. The Morgan fingerprint density at radius 1 is 1.00 bits per heavy atom. The molecule has 0 spiro atoms. The molecule has 4 amide bonds. The van der Waals surface area contributed by atoms with Crippen molar-refractivity contribution in [3.8, 4) is 0 Å². The number of hydrogen-bond donors (Lipinski definition) is 8. The van der Waals surface area contributed by atoms with Gasteiger partial charge < -0.3 is 42.6 Å². The molecule has 0 aliphatic carbocycles. The van der Waals surface area contributed by atoms with Gasteiger partial charge in [-0.25, -0.2) is 4.79 Å². The van der Waals surface area contributed by atoms with Gasteiger partial charge in [0.15, 0.2) is 0 Å². The van der Waals surface area contributed by atoms with E-state index in [2.05, 4.69) is 20.9 Å². The zero-order valence-electron chi connectivity index (χ0n) is 20.2. The third kappa shape index (κ3) is 8.77. The van der Waals surface area contributed by atoms with Gasteiger partial charge in [-0.1, -0.05) is 18.2 Å². The Labute approximate surface area is 217 Å². The summed E-state index contributed by atoms with van der Waals surface area (Å²) in [7, 11) is 0. The van der Waals surface area contributed by atoms with Crippen LogP contribution in [0, 0.1) is 0 Å². The first-order chi connectivity index (χ1) is 17.6. The SMILES string of the molecule is CSCCC(N)C(=O)NC(Cc1c[nH]c2ccccc12)C(=O)NC(CO)C(=O)NC(CC(N)=O)C(=O)O. The van der Waals surface area contributed by atoms with Crippen LogP contribution in [0.1, 0.15) is 18.4 Å². The van der Waals surface area contributed by atoms with E-state index in [0.717, 1.165) is 10.9 Å². The van der Waals surface area contributed by atoms with Crippen LogP contribution in [-0.4, -0.2) is 87.6 Å². The topological polar surface area (TPSA) is 230 Å². The number of aromatic nitrogens is 1. The average Bonchev–Trinajstić information content (AvgIpc) is 3.27. The van der Waals surface area contributed by atoms with Crippen molar-refractivity contribution in [2.45, 2.75) is 43.4 Å². The van der Waals surface area contributed by atoms with Crippen molar-refractivity contribution in [1.29, 1.82) is 0 Å². The van der Waals surface area contributed by atoms with Crippen molar-refractivity contribution in [2.24, 2.45) is 11.5 Å². The van der Waals surface area contributed by atoms with Gasteiger partial charge in [0.1, 0.15) is 18.1 Å². The highest BCUT2D eigenvalue weighted by Crippen LogP contribution is 2.19. The number of fused-ring (bicyclic) bond motifs is 1. The molecule has 4 unspecified atom stereocenters. The fourth-order valence-corrected chi connectivity index (χ4v) is 4.01. The highest BCUT2D eigenvalue weighted by Gasteiger charge is 2.31. The predicted molar refractivity (Wildman–Crippen MR) is 137 cm³/mol. The van der Waals surface area contributed by atoms with E-state index in [1.807, 2.05) is 30.5 Å². The van der Waals surface area contributed by atoms with Crippen molar-refractivity contribution in [3.05, 3.63) is 36.0 Å². The number of carbonyl (C=O) groups excluding carboxylic acids is 4. The molecule has 1 aromatic carbocycles. The van der Waals surface area contributed by atoms with Crippen LogP contribution < -0.4 is 27.4 Å². The van der Waals surface area contributed by atoms with Gasteiger partial charge >= 0.3 is 5.97 Å². The van der Waals surface area contributed by atoms with Crippen molar-refractivity contribution < 1.29 is 34.2 Å². The van der Waals surface area contributed by atoms with Gasteiger partial charge in [-0.05, 0) is 30.1 Å². The summed E-state index contributed by atoms with van der Waals surface area (Å²) in [6, 6.07) is 2.11. The second-order valence-electron chi connectivity index (χ2n) is 8.33. The summed E-state index contributed by atoms with van der Waals surface area (Å²) in [5.74, 6) is -4.25.